The highest BCUT2D eigenvalue weighted by molar-refractivity contribution is 5.92. The fourth-order valence-corrected chi connectivity index (χ4v) is 3.43. The van der Waals surface area contributed by atoms with Crippen molar-refractivity contribution in [3.05, 3.63) is 69.9 Å². The second kappa shape index (κ2) is 7.30. The standard InChI is InChI=1S/C20H21N5O3/c1-23-19(26)10-9-17(22-23)20(27)24-11-3-4-18-14(13-24)12-21-25(18)15-5-7-16(28-2)8-6-15/h5-10,12H,3-4,11,13H2,1-2H3. The van der Waals surface area contributed by atoms with E-state index in [-0.39, 0.29) is 17.2 Å². The smallest absolute Gasteiger partial charge is 0.274 e. The molecule has 0 unspecified atom stereocenters. The number of rotatable bonds is 3. The minimum atomic E-state index is -0.240. The van der Waals surface area contributed by atoms with Gasteiger partial charge in [-0.2, -0.15) is 10.2 Å². The zero-order valence-electron chi connectivity index (χ0n) is 15.8. The maximum atomic E-state index is 12.9. The number of aryl methyl sites for hydroxylation is 1. The van der Waals surface area contributed by atoms with Crippen LogP contribution < -0.4 is 10.3 Å². The Morgan fingerprint density at radius 2 is 1.93 bits per heavy atom. The molecule has 0 bridgehead atoms. The predicted molar refractivity (Wildman–Crippen MR) is 103 cm³/mol. The molecule has 0 aliphatic carbocycles. The summed E-state index contributed by atoms with van der Waals surface area (Å²) in [5.41, 5.74) is 3.12. The first-order valence-corrected chi connectivity index (χ1v) is 9.10. The highest BCUT2D eigenvalue weighted by Crippen LogP contribution is 2.23. The lowest BCUT2D eigenvalue weighted by Gasteiger charge is -2.19. The van der Waals surface area contributed by atoms with Crippen molar-refractivity contribution in [2.45, 2.75) is 19.4 Å². The summed E-state index contributed by atoms with van der Waals surface area (Å²) in [6.07, 6.45) is 3.47. The molecule has 0 saturated carbocycles. The number of fused-ring (bicyclic) bond motifs is 1. The first-order chi connectivity index (χ1) is 13.6. The van der Waals surface area contributed by atoms with Gasteiger partial charge in [0.15, 0.2) is 0 Å². The van der Waals surface area contributed by atoms with Gasteiger partial charge in [-0.25, -0.2) is 9.36 Å². The van der Waals surface area contributed by atoms with Crippen LogP contribution in [0.25, 0.3) is 5.69 Å². The topological polar surface area (TPSA) is 82.3 Å². The van der Waals surface area contributed by atoms with Crippen LogP contribution in [0.1, 0.15) is 28.2 Å². The van der Waals surface area contributed by atoms with Gasteiger partial charge in [-0.05, 0) is 43.2 Å². The van der Waals surface area contributed by atoms with Crippen molar-refractivity contribution in [1.82, 2.24) is 24.5 Å². The van der Waals surface area contributed by atoms with Crippen LogP contribution in [0.4, 0.5) is 0 Å². The van der Waals surface area contributed by atoms with Crippen LogP contribution in [0, 0.1) is 0 Å². The van der Waals surface area contributed by atoms with Gasteiger partial charge in [0.2, 0.25) is 0 Å². The van der Waals surface area contributed by atoms with E-state index >= 15 is 0 Å². The van der Waals surface area contributed by atoms with E-state index in [1.165, 1.54) is 16.8 Å². The lowest BCUT2D eigenvalue weighted by molar-refractivity contribution is 0.0737. The minimum Gasteiger partial charge on any atom is -0.497 e. The maximum Gasteiger partial charge on any atom is 0.274 e. The molecule has 1 aliphatic heterocycles. The van der Waals surface area contributed by atoms with Gasteiger partial charge in [0.1, 0.15) is 11.4 Å². The summed E-state index contributed by atoms with van der Waals surface area (Å²) < 4.78 is 8.32. The second-order valence-corrected chi connectivity index (χ2v) is 6.74. The van der Waals surface area contributed by atoms with Crippen LogP contribution in [0.2, 0.25) is 0 Å². The molecule has 8 heteroatoms. The molecule has 0 fully saturated rings. The van der Waals surface area contributed by atoms with Gasteiger partial charge in [0.25, 0.3) is 11.5 Å². The van der Waals surface area contributed by atoms with E-state index in [1.807, 2.05) is 35.1 Å². The SMILES string of the molecule is COc1ccc(-n2ncc3c2CCCN(C(=O)c2ccc(=O)n(C)n2)C3)cc1. The van der Waals surface area contributed by atoms with E-state index in [9.17, 15) is 9.59 Å². The van der Waals surface area contributed by atoms with Crippen molar-refractivity contribution in [3.63, 3.8) is 0 Å². The number of hydrogen-bond donors (Lipinski definition) is 0. The first-order valence-electron chi connectivity index (χ1n) is 9.10. The van der Waals surface area contributed by atoms with E-state index < -0.39 is 0 Å². The fourth-order valence-electron chi connectivity index (χ4n) is 3.43. The van der Waals surface area contributed by atoms with Crippen LogP contribution in [0.15, 0.2) is 47.4 Å². The lowest BCUT2D eigenvalue weighted by Crippen LogP contribution is -2.33. The Hall–Kier alpha value is -3.42. The zero-order chi connectivity index (χ0) is 19.7. The van der Waals surface area contributed by atoms with E-state index in [2.05, 4.69) is 10.2 Å². The zero-order valence-corrected chi connectivity index (χ0v) is 15.8. The molecule has 3 aromatic rings. The quantitative estimate of drug-likeness (QED) is 0.690. The fraction of sp³-hybridized carbons (Fsp3) is 0.300. The first kappa shape index (κ1) is 18.0. The summed E-state index contributed by atoms with van der Waals surface area (Å²) in [5, 5.41) is 8.62. The van der Waals surface area contributed by atoms with Crippen LogP contribution in [-0.4, -0.2) is 44.0 Å². The van der Waals surface area contributed by atoms with Crippen LogP contribution in [0.5, 0.6) is 5.75 Å². The monoisotopic (exact) mass is 379 g/mol. The molecule has 4 rings (SSSR count). The number of ether oxygens (including phenoxy) is 1. The van der Waals surface area contributed by atoms with Crippen LogP contribution in [0.3, 0.4) is 0 Å². The maximum absolute atomic E-state index is 12.9. The number of nitrogens with zero attached hydrogens (tertiary/aromatic N) is 5. The number of carbonyl (C=O) groups excluding carboxylic acids is 1. The van der Waals surface area contributed by atoms with Crippen molar-refractivity contribution >= 4 is 5.91 Å². The Labute approximate surface area is 162 Å². The normalized spacial score (nSPS) is 13.7. The Kier molecular flexibility index (Phi) is 4.68. The van der Waals surface area contributed by atoms with Crippen LogP contribution in [-0.2, 0) is 20.0 Å². The van der Waals surface area contributed by atoms with E-state index in [0.29, 0.717) is 13.1 Å². The highest BCUT2D eigenvalue weighted by Gasteiger charge is 2.24. The molecule has 0 N–H and O–H groups in total. The third kappa shape index (κ3) is 3.28. The van der Waals surface area contributed by atoms with Gasteiger partial charge in [-0.1, -0.05) is 0 Å². The van der Waals surface area contributed by atoms with Gasteiger partial charge >= 0.3 is 0 Å². The Morgan fingerprint density at radius 3 is 2.64 bits per heavy atom. The predicted octanol–water partition coefficient (Wildman–Crippen LogP) is 1.56. The van der Waals surface area contributed by atoms with Gasteiger partial charge in [0, 0.05) is 37.5 Å². The number of methoxy groups -OCH3 is 1. The third-order valence-corrected chi connectivity index (χ3v) is 4.94. The van der Waals surface area contributed by atoms with Crippen molar-refractivity contribution < 1.29 is 9.53 Å². The third-order valence-electron chi connectivity index (χ3n) is 4.94. The number of carbonyl (C=O) groups is 1. The number of benzene rings is 1. The van der Waals surface area contributed by atoms with E-state index in [1.54, 1.807) is 19.1 Å². The van der Waals surface area contributed by atoms with Gasteiger partial charge in [-0.3, -0.25) is 9.59 Å². The van der Waals surface area contributed by atoms with E-state index in [4.69, 9.17) is 4.74 Å². The van der Waals surface area contributed by atoms with Crippen molar-refractivity contribution in [2.75, 3.05) is 13.7 Å². The molecule has 28 heavy (non-hydrogen) atoms. The molecule has 0 radical (unpaired) electrons. The van der Waals surface area contributed by atoms with Gasteiger partial charge in [0.05, 0.1) is 19.0 Å². The molecule has 3 heterocycles. The minimum absolute atomic E-state index is 0.180. The summed E-state index contributed by atoms with van der Waals surface area (Å²) in [4.78, 5) is 26.2. The van der Waals surface area contributed by atoms with E-state index in [0.717, 1.165) is 35.5 Å². The molecule has 8 nitrogen and oxygen atoms in total. The summed E-state index contributed by atoms with van der Waals surface area (Å²) in [6.45, 7) is 1.09. The summed E-state index contributed by atoms with van der Waals surface area (Å²) in [6, 6.07) is 10.6. The average Bonchev–Trinajstić information content (AvgIpc) is 2.99. The van der Waals surface area contributed by atoms with Crippen LogP contribution >= 0.6 is 0 Å². The summed E-state index contributed by atoms with van der Waals surface area (Å²) >= 11 is 0. The largest absolute Gasteiger partial charge is 0.497 e. The molecule has 0 atom stereocenters. The molecule has 144 valence electrons. The number of aromatic nitrogens is 4. The molecular weight excluding hydrogens is 358 g/mol. The van der Waals surface area contributed by atoms with Crippen molar-refractivity contribution in [3.8, 4) is 11.4 Å². The lowest BCUT2D eigenvalue weighted by atomic mass is 10.2. The second-order valence-electron chi connectivity index (χ2n) is 6.74. The highest BCUT2D eigenvalue weighted by atomic mass is 16.5. The molecule has 1 aliphatic rings. The molecule has 1 amide bonds. The van der Waals surface area contributed by atoms with Gasteiger partial charge in [-0.15, -0.1) is 0 Å². The Bertz CT molecular complexity index is 1070. The molecule has 2 aromatic heterocycles. The molecule has 1 aromatic carbocycles. The summed E-state index contributed by atoms with van der Waals surface area (Å²) in [7, 11) is 3.18. The Balaban J connectivity index is 1.60. The van der Waals surface area contributed by atoms with Crippen molar-refractivity contribution in [1.29, 1.82) is 0 Å². The number of amides is 1. The number of hydrogen-bond acceptors (Lipinski definition) is 5. The average molecular weight is 379 g/mol. The molecule has 0 spiro atoms. The van der Waals surface area contributed by atoms with Crippen molar-refractivity contribution in [2.24, 2.45) is 7.05 Å². The Morgan fingerprint density at radius 1 is 1.14 bits per heavy atom. The summed E-state index contributed by atoms with van der Waals surface area (Å²) in [5.74, 6) is 0.615. The molecule has 0 saturated heterocycles. The van der Waals surface area contributed by atoms with Gasteiger partial charge < -0.3 is 9.64 Å². The molecular formula is C20H21N5O3.